The molecule has 0 aromatic heterocycles. The van der Waals surface area contributed by atoms with E-state index >= 15 is 0 Å². The molecule has 0 nitrogen and oxygen atoms in total. The van der Waals surface area contributed by atoms with Gasteiger partial charge >= 0.3 is 0 Å². The van der Waals surface area contributed by atoms with Crippen LogP contribution in [0.2, 0.25) is 0 Å². The summed E-state index contributed by atoms with van der Waals surface area (Å²) in [7, 11) is 0. The zero-order valence-electron chi connectivity index (χ0n) is 14.3. The lowest BCUT2D eigenvalue weighted by molar-refractivity contribution is 0.702. The van der Waals surface area contributed by atoms with Crippen LogP contribution >= 0.6 is 0 Å². The van der Waals surface area contributed by atoms with E-state index in [-0.39, 0.29) is 0 Å². The van der Waals surface area contributed by atoms with Gasteiger partial charge in [0.15, 0.2) is 0 Å². The largest absolute Gasteiger partial charge is 0.0955 e. The molecule has 0 aliphatic carbocycles. The van der Waals surface area contributed by atoms with Gasteiger partial charge in [-0.1, -0.05) is 81.5 Å². The van der Waals surface area contributed by atoms with Crippen molar-refractivity contribution < 1.29 is 0 Å². The Kier molecular flexibility index (Phi) is 9.80. The van der Waals surface area contributed by atoms with Gasteiger partial charge in [0.2, 0.25) is 0 Å². The highest BCUT2D eigenvalue weighted by molar-refractivity contribution is 5.77. The molecule has 0 atom stereocenters. The maximum Gasteiger partial charge on any atom is -0.0153 e. The number of benzene rings is 1. The Bertz CT molecular complexity index is 431. The smallest absolute Gasteiger partial charge is 0.0153 e. The van der Waals surface area contributed by atoms with Gasteiger partial charge in [0.05, 0.1) is 0 Å². The lowest BCUT2D eigenvalue weighted by Crippen LogP contribution is -1.90. The van der Waals surface area contributed by atoms with Crippen LogP contribution in [0.25, 0.3) is 11.1 Å². The maximum atomic E-state index is 4.01. The van der Waals surface area contributed by atoms with Crippen molar-refractivity contribution in [3.63, 3.8) is 0 Å². The van der Waals surface area contributed by atoms with Gasteiger partial charge in [-0.2, -0.15) is 0 Å². The van der Waals surface area contributed by atoms with Crippen molar-refractivity contribution >= 4 is 11.1 Å². The molecule has 0 bridgehead atoms. The monoisotopic (exact) mass is 272 g/mol. The Balaban J connectivity index is 0.000000511. The van der Waals surface area contributed by atoms with E-state index in [1.165, 1.54) is 47.9 Å². The van der Waals surface area contributed by atoms with Crippen molar-refractivity contribution in [2.24, 2.45) is 0 Å². The lowest BCUT2D eigenvalue weighted by Gasteiger charge is -2.10. The summed E-state index contributed by atoms with van der Waals surface area (Å²) < 4.78 is 0. The minimum Gasteiger partial charge on any atom is -0.0955 e. The summed E-state index contributed by atoms with van der Waals surface area (Å²) in [6.07, 6.45) is 7.68. The lowest BCUT2D eigenvalue weighted by atomic mass is 9.95. The van der Waals surface area contributed by atoms with Crippen LogP contribution in [0.15, 0.2) is 30.9 Å². The molecule has 112 valence electrons. The molecular formula is C20H32. The molecule has 0 saturated heterocycles. The van der Waals surface area contributed by atoms with E-state index in [4.69, 9.17) is 0 Å². The average molecular weight is 272 g/mol. The van der Waals surface area contributed by atoms with Gasteiger partial charge in [0.25, 0.3) is 0 Å². The Hall–Kier alpha value is -1.30. The number of rotatable bonds is 5. The molecule has 0 N–H and O–H groups in total. The minimum absolute atomic E-state index is 1.13. The molecule has 0 fully saturated rings. The second-order valence-corrected chi connectivity index (χ2v) is 5.51. The molecule has 0 radical (unpaired) electrons. The van der Waals surface area contributed by atoms with Crippen LogP contribution in [0.4, 0.5) is 0 Å². The van der Waals surface area contributed by atoms with Crippen molar-refractivity contribution in [3.8, 4) is 0 Å². The molecule has 0 unspecified atom stereocenters. The van der Waals surface area contributed by atoms with E-state index in [2.05, 4.69) is 72.4 Å². The maximum absolute atomic E-state index is 4.01. The SMILES string of the molecule is C=C(C)c1ccc(C)cc1/C(C)=C\C.CCCCCC. The summed E-state index contributed by atoms with van der Waals surface area (Å²) in [5.74, 6) is 0. The molecule has 0 heterocycles. The first-order chi connectivity index (χ1) is 9.47. The predicted molar refractivity (Wildman–Crippen MR) is 95.0 cm³/mol. The second kappa shape index (κ2) is 10.5. The van der Waals surface area contributed by atoms with Crippen LogP contribution in [0.5, 0.6) is 0 Å². The highest BCUT2D eigenvalue weighted by Crippen LogP contribution is 2.25. The zero-order valence-corrected chi connectivity index (χ0v) is 14.3. The molecule has 0 aliphatic heterocycles. The van der Waals surface area contributed by atoms with Gasteiger partial charge in [0.1, 0.15) is 0 Å². The van der Waals surface area contributed by atoms with Gasteiger partial charge < -0.3 is 0 Å². The molecule has 20 heavy (non-hydrogen) atoms. The van der Waals surface area contributed by atoms with Crippen molar-refractivity contribution in [2.75, 3.05) is 0 Å². The third kappa shape index (κ3) is 6.75. The van der Waals surface area contributed by atoms with E-state index in [9.17, 15) is 0 Å². The van der Waals surface area contributed by atoms with Crippen molar-refractivity contribution in [3.05, 3.63) is 47.5 Å². The number of aryl methyl sites for hydroxylation is 1. The Morgan fingerprint density at radius 1 is 1.05 bits per heavy atom. The highest BCUT2D eigenvalue weighted by Gasteiger charge is 2.04. The first-order valence-corrected chi connectivity index (χ1v) is 7.87. The predicted octanol–water partition coefficient (Wildman–Crippen LogP) is 7.04. The van der Waals surface area contributed by atoms with Crippen molar-refractivity contribution in [1.82, 2.24) is 0 Å². The Labute approximate surface area is 126 Å². The highest BCUT2D eigenvalue weighted by atomic mass is 14.1. The van der Waals surface area contributed by atoms with Crippen LogP contribution < -0.4 is 0 Å². The number of unbranched alkanes of at least 4 members (excludes halogenated alkanes) is 3. The summed E-state index contributed by atoms with van der Waals surface area (Å²) in [6.45, 7) is 16.9. The molecule has 0 spiro atoms. The van der Waals surface area contributed by atoms with Gasteiger partial charge in [-0.3, -0.25) is 0 Å². The normalized spacial score (nSPS) is 10.8. The fourth-order valence-corrected chi connectivity index (χ4v) is 2.01. The molecule has 0 aliphatic rings. The van der Waals surface area contributed by atoms with Crippen molar-refractivity contribution in [1.29, 1.82) is 0 Å². The fraction of sp³-hybridized carbons (Fsp3) is 0.500. The van der Waals surface area contributed by atoms with Gasteiger partial charge in [0, 0.05) is 0 Å². The zero-order chi connectivity index (χ0) is 15.5. The Morgan fingerprint density at radius 3 is 2.00 bits per heavy atom. The molecular weight excluding hydrogens is 240 g/mol. The average Bonchev–Trinajstić information content (AvgIpc) is 2.44. The second-order valence-electron chi connectivity index (χ2n) is 5.51. The van der Waals surface area contributed by atoms with E-state index in [0.717, 1.165) is 5.57 Å². The van der Waals surface area contributed by atoms with Gasteiger partial charge in [-0.15, -0.1) is 0 Å². The molecule has 0 saturated carbocycles. The molecule has 1 rings (SSSR count). The number of allylic oxidation sites excluding steroid dienone is 3. The Morgan fingerprint density at radius 2 is 1.60 bits per heavy atom. The van der Waals surface area contributed by atoms with E-state index in [0.29, 0.717) is 0 Å². The number of hydrogen-bond acceptors (Lipinski definition) is 0. The molecule has 0 amide bonds. The quantitative estimate of drug-likeness (QED) is 0.504. The van der Waals surface area contributed by atoms with Crippen LogP contribution in [0.3, 0.4) is 0 Å². The molecule has 1 aromatic carbocycles. The standard InChI is InChI=1S/C14H18.C6H14/c1-6-12(5)14-9-11(4)7-8-13(14)10(2)3;1-3-5-6-4-2/h6-9H,2H2,1,3-5H3;3-6H2,1-2H3/b12-6-;. The van der Waals surface area contributed by atoms with Gasteiger partial charge in [-0.25, -0.2) is 0 Å². The van der Waals surface area contributed by atoms with E-state index < -0.39 is 0 Å². The summed E-state index contributed by atoms with van der Waals surface area (Å²) in [5.41, 5.74) is 6.30. The summed E-state index contributed by atoms with van der Waals surface area (Å²) >= 11 is 0. The number of hydrogen-bond donors (Lipinski definition) is 0. The summed E-state index contributed by atoms with van der Waals surface area (Å²) in [6, 6.07) is 6.51. The van der Waals surface area contributed by atoms with E-state index in [1.807, 2.05) is 0 Å². The molecule has 0 heteroatoms. The van der Waals surface area contributed by atoms with Crippen LogP contribution in [-0.4, -0.2) is 0 Å². The first-order valence-electron chi connectivity index (χ1n) is 7.87. The third-order valence-corrected chi connectivity index (χ3v) is 3.45. The van der Waals surface area contributed by atoms with Crippen LogP contribution in [0, 0.1) is 6.92 Å². The topological polar surface area (TPSA) is 0 Å². The fourth-order valence-electron chi connectivity index (χ4n) is 2.01. The third-order valence-electron chi connectivity index (χ3n) is 3.45. The van der Waals surface area contributed by atoms with Crippen LogP contribution in [-0.2, 0) is 0 Å². The van der Waals surface area contributed by atoms with E-state index in [1.54, 1.807) is 0 Å². The van der Waals surface area contributed by atoms with Crippen molar-refractivity contribution in [2.45, 2.75) is 67.2 Å². The van der Waals surface area contributed by atoms with Gasteiger partial charge in [-0.05, 0) is 44.4 Å². The first kappa shape index (κ1) is 18.7. The summed E-state index contributed by atoms with van der Waals surface area (Å²) in [5, 5.41) is 0. The van der Waals surface area contributed by atoms with Crippen LogP contribution in [0.1, 0.15) is 77.0 Å². The molecule has 1 aromatic rings. The minimum atomic E-state index is 1.13. The summed E-state index contributed by atoms with van der Waals surface area (Å²) in [4.78, 5) is 0.